The van der Waals surface area contributed by atoms with Crippen molar-refractivity contribution in [2.75, 3.05) is 7.11 Å². The summed E-state index contributed by atoms with van der Waals surface area (Å²) in [6, 6.07) is 9.51. The Morgan fingerprint density at radius 2 is 1.90 bits per heavy atom. The number of carbonyl (C=O) groups is 1. The van der Waals surface area contributed by atoms with E-state index in [4.69, 9.17) is 14.4 Å². The lowest BCUT2D eigenvalue weighted by atomic mass is 9.94. The molecule has 0 amide bonds. The number of aromatic nitrogens is 1. The van der Waals surface area contributed by atoms with Gasteiger partial charge in [-0.25, -0.2) is 17.9 Å². The molecule has 0 radical (unpaired) electrons. The van der Waals surface area contributed by atoms with Gasteiger partial charge in [0.1, 0.15) is 23.2 Å². The lowest BCUT2D eigenvalue weighted by Crippen LogP contribution is -2.11. The monoisotopic (exact) mass is 420 g/mol. The summed E-state index contributed by atoms with van der Waals surface area (Å²) in [5.41, 5.74) is 0.789. The smallest absolute Gasteiger partial charge is 0.314 e. The van der Waals surface area contributed by atoms with Crippen LogP contribution in [0.25, 0.3) is 22.4 Å². The van der Waals surface area contributed by atoms with Gasteiger partial charge in [0.05, 0.1) is 17.6 Å². The number of hydrogen-bond donors (Lipinski definition) is 2. The Morgan fingerprint density at radius 3 is 2.41 bits per heavy atom. The summed E-state index contributed by atoms with van der Waals surface area (Å²) >= 11 is 0. The first-order valence-corrected chi connectivity index (χ1v) is 9.87. The van der Waals surface area contributed by atoms with Crippen LogP contribution >= 0.6 is 0 Å². The first-order valence-electron chi connectivity index (χ1n) is 8.33. The number of halogens is 1. The molecule has 1 atom stereocenters. The van der Waals surface area contributed by atoms with Crippen LogP contribution in [-0.2, 0) is 14.8 Å². The van der Waals surface area contributed by atoms with E-state index in [1.807, 2.05) is 0 Å². The molecule has 152 valence electrons. The molecule has 0 bridgehead atoms. The van der Waals surface area contributed by atoms with Crippen LogP contribution in [-0.4, -0.2) is 31.8 Å². The predicted molar refractivity (Wildman–Crippen MR) is 101 cm³/mol. The number of nitrogens with zero attached hydrogens (tertiary/aromatic N) is 1. The van der Waals surface area contributed by atoms with Crippen molar-refractivity contribution in [2.45, 2.75) is 17.7 Å². The van der Waals surface area contributed by atoms with Crippen molar-refractivity contribution in [3.8, 4) is 28.1 Å². The van der Waals surface area contributed by atoms with E-state index in [0.717, 1.165) is 6.07 Å². The standard InChI is InChI=1S/C19H17FN2O6S/c1-10(19(23)24)18-16(11-3-6-13(7-4-11)29(21,25)26)17(22-28-18)14-8-5-12(27-2)9-15(14)20/h3-10H,1-2H3,(H,23,24)(H2,21,25,26). The van der Waals surface area contributed by atoms with Gasteiger partial charge >= 0.3 is 5.97 Å². The zero-order valence-electron chi connectivity index (χ0n) is 15.4. The average molecular weight is 420 g/mol. The summed E-state index contributed by atoms with van der Waals surface area (Å²) in [6.45, 7) is 1.40. The van der Waals surface area contributed by atoms with Crippen molar-refractivity contribution >= 4 is 16.0 Å². The van der Waals surface area contributed by atoms with Crippen molar-refractivity contribution < 1.29 is 32.0 Å². The number of hydrogen-bond acceptors (Lipinski definition) is 6. The molecular formula is C19H17FN2O6S. The first-order chi connectivity index (χ1) is 13.6. The van der Waals surface area contributed by atoms with Crippen LogP contribution in [0, 0.1) is 5.82 Å². The highest BCUT2D eigenvalue weighted by atomic mass is 32.2. The van der Waals surface area contributed by atoms with Gasteiger partial charge < -0.3 is 14.4 Å². The summed E-state index contributed by atoms with van der Waals surface area (Å²) in [5, 5.41) is 18.4. The van der Waals surface area contributed by atoms with Crippen molar-refractivity contribution in [1.29, 1.82) is 0 Å². The largest absolute Gasteiger partial charge is 0.497 e. The molecule has 1 heterocycles. The lowest BCUT2D eigenvalue weighted by molar-refractivity contribution is -0.138. The Labute approximate surface area is 165 Å². The molecule has 10 heteroatoms. The van der Waals surface area contributed by atoms with Gasteiger partial charge in [0.15, 0.2) is 5.76 Å². The van der Waals surface area contributed by atoms with Crippen LogP contribution in [0.5, 0.6) is 5.75 Å². The molecule has 3 N–H and O–H groups in total. The molecule has 1 unspecified atom stereocenters. The number of carboxylic acid groups (broad SMARTS) is 1. The second-order valence-corrected chi connectivity index (χ2v) is 7.81. The molecule has 0 aliphatic heterocycles. The molecule has 0 spiro atoms. The van der Waals surface area contributed by atoms with Crippen molar-refractivity contribution in [2.24, 2.45) is 5.14 Å². The van der Waals surface area contributed by atoms with Gasteiger partial charge in [0, 0.05) is 11.6 Å². The minimum Gasteiger partial charge on any atom is -0.497 e. The number of ether oxygens (including phenoxy) is 1. The van der Waals surface area contributed by atoms with E-state index >= 15 is 0 Å². The molecule has 0 aliphatic carbocycles. The molecule has 2 aromatic carbocycles. The minimum atomic E-state index is -3.91. The van der Waals surface area contributed by atoms with Gasteiger partial charge in [0.25, 0.3) is 0 Å². The van der Waals surface area contributed by atoms with E-state index in [2.05, 4.69) is 5.16 Å². The molecule has 0 aliphatic rings. The van der Waals surface area contributed by atoms with E-state index < -0.39 is 27.7 Å². The van der Waals surface area contributed by atoms with Crippen LogP contribution in [0.2, 0.25) is 0 Å². The zero-order chi connectivity index (χ0) is 21.3. The zero-order valence-corrected chi connectivity index (χ0v) is 16.2. The third-order valence-corrected chi connectivity index (χ3v) is 5.31. The minimum absolute atomic E-state index is 0.00562. The SMILES string of the molecule is COc1ccc(-c2noc(C(C)C(=O)O)c2-c2ccc(S(N)(=O)=O)cc2)c(F)c1. The van der Waals surface area contributed by atoms with Gasteiger partial charge in [-0.2, -0.15) is 0 Å². The highest BCUT2D eigenvalue weighted by Crippen LogP contribution is 2.39. The Morgan fingerprint density at radius 1 is 1.24 bits per heavy atom. The fourth-order valence-electron chi connectivity index (χ4n) is 2.80. The molecule has 3 aromatic rings. The number of primary sulfonamides is 1. The van der Waals surface area contributed by atoms with Crippen LogP contribution in [0.15, 0.2) is 51.9 Å². The average Bonchev–Trinajstić information content (AvgIpc) is 3.11. The summed E-state index contributed by atoms with van der Waals surface area (Å²) in [6.07, 6.45) is 0. The number of rotatable bonds is 6. The summed E-state index contributed by atoms with van der Waals surface area (Å²) in [4.78, 5) is 11.4. The van der Waals surface area contributed by atoms with Gasteiger partial charge in [-0.1, -0.05) is 17.3 Å². The third-order valence-electron chi connectivity index (χ3n) is 4.39. The van der Waals surface area contributed by atoms with E-state index in [9.17, 15) is 22.7 Å². The number of carboxylic acids is 1. The van der Waals surface area contributed by atoms with Gasteiger partial charge in [-0.15, -0.1) is 0 Å². The van der Waals surface area contributed by atoms with Crippen LogP contribution < -0.4 is 9.88 Å². The van der Waals surface area contributed by atoms with E-state index in [1.54, 1.807) is 0 Å². The van der Waals surface area contributed by atoms with E-state index in [1.165, 1.54) is 50.4 Å². The number of benzene rings is 2. The Balaban J connectivity index is 2.23. The third kappa shape index (κ3) is 3.98. The maximum Gasteiger partial charge on any atom is 0.314 e. The number of sulfonamides is 1. The number of nitrogens with two attached hydrogens (primary N) is 1. The lowest BCUT2D eigenvalue weighted by Gasteiger charge is -2.09. The Bertz CT molecular complexity index is 1170. The van der Waals surface area contributed by atoms with Gasteiger partial charge in [0.2, 0.25) is 10.0 Å². The predicted octanol–water partition coefficient (Wildman–Crippen LogP) is 2.99. The second-order valence-electron chi connectivity index (χ2n) is 6.25. The molecule has 8 nitrogen and oxygen atoms in total. The molecule has 0 fully saturated rings. The molecule has 1 aromatic heterocycles. The van der Waals surface area contributed by atoms with Crippen molar-refractivity contribution in [1.82, 2.24) is 5.16 Å². The van der Waals surface area contributed by atoms with Crippen LogP contribution in [0.4, 0.5) is 4.39 Å². The molecule has 0 saturated carbocycles. The summed E-state index contributed by atoms with van der Waals surface area (Å²) < 4.78 is 47.9. The number of methoxy groups -OCH3 is 1. The maximum absolute atomic E-state index is 14.6. The fraction of sp³-hybridized carbons (Fsp3) is 0.158. The Hall–Kier alpha value is -3.24. The van der Waals surface area contributed by atoms with Crippen LogP contribution in [0.3, 0.4) is 0 Å². The van der Waals surface area contributed by atoms with Gasteiger partial charge in [-0.3, -0.25) is 4.79 Å². The molecule has 3 rings (SSSR count). The number of aliphatic carboxylic acids is 1. The highest BCUT2D eigenvalue weighted by Gasteiger charge is 2.28. The molecular weight excluding hydrogens is 403 g/mol. The fourth-order valence-corrected chi connectivity index (χ4v) is 3.31. The molecule has 29 heavy (non-hydrogen) atoms. The highest BCUT2D eigenvalue weighted by molar-refractivity contribution is 7.89. The molecule has 0 saturated heterocycles. The van der Waals surface area contributed by atoms with E-state index in [-0.39, 0.29) is 27.5 Å². The summed E-state index contributed by atoms with van der Waals surface area (Å²) in [7, 11) is -2.51. The van der Waals surface area contributed by atoms with Crippen molar-refractivity contribution in [3.05, 3.63) is 54.0 Å². The van der Waals surface area contributed by atoms with E-state index in [0.29, 0.717) is 11.3 Å². The summed E-state index contributed by atoms with van der Waals surface area (Å²) in [5.74, 6) is -2.58. The van der Waals surface area contributed by atoms with Crippen molar-refractivity contribution in [3.63, 3.8) is 0 Å². The normalized spacial score (nSPS) is 12.6. The first kappa shape index (κ1) is 20.5. The maximum atomic E-state index is 14.6. The van der Waals surface area contributed by atoms with Crippen LogP contribution in [0.1, 0.15) is 18.6 Å². The van der Waals surface area contributed by atoms with Gasteiger partial charge in [-0.05, 0) is 36.8 Å². The second kappa shape index (κ2) is 7.64. The quantitative estimate of drug-likeness (QED) is 0.626. The topological polar surface area (TPSA) is 133 Å². The Kier molecular flexibility index (Phi) is 5.40.